The zero-order valence-electron chi connectivity index (χ0n) is 13.3. The highest BCUT2D eigenvalue weighted by Crippen LogP contribution is 2.13. The molecule has 0 aliphatic carbocycles. The summed E-state index contributed by atoms with van der Waals surface area (Å²) in [5.74, 6) is 0.905. The maximum Gasteiger partial charge on any atom is 0.251 e. The Kier molecular flexibility index (Phi) is 4.88. The summed E-state index contributed by atoms with van der Waals surface area (Å²) in [7, 11) is 0. The van der Waals surface area contributed by atoms with E-state index in [9.17, 15) is 4.79 Å². The minimum atomic E-state index is -0.0552. The van der Waals surface area contributed by atoms with Gasteiger partial charge in [-0.05, 0) is 30.2 Å². The average Bonchev–Trinajstić information content (AvgIpc) is 2.61. The fraction of sp³-hybridized carbons (Fsp3) is 0.333. The molecule has 2 heterocycles. The third-order valence-electron chi connectivity index (χ3n) is 3.99. The van der Waals surface area contributed by atoms with Crippen LogP contribution in [0.2, 0.25) is 0 Å². The Morgan fingerprint density at radius 3 is 2.70 bits per heavy atom. The van der Waals surface area contributed by atoms with Gasteiger partial charge in [-0.3, -0.25) is 4.79 Å². The molecule has 0 radical (unpaired) electrons. The van der Waals surface area contributed by atoms with Crippen LogP contribution >= 0.6 is 0 Å². The maximum atomic E-state index is 12.2. The Balaban J connectivity index is 1.58. The number of aromatic nitrogens is 1. The lowest BCUT2D eigenvalue weighted by Crippen LogP contribution is -2.36. The van der Waals surface area contributed by atoms with Gasteiger partial charge in [-0.1, -0.05) is 24.3 Å². The number of nitrogens with zero attached hydrogens (tertiary/aromatic N) is 2. The highest BCUT2D eigenvalue weighted by atomic mass is 16.5. The van der Waals surface area contributed by atoms with Crippen molar-refractivity contribution < 1.29 is 9.53 Å². The lowest BCUT2D eigenvalue weighted by atomic mass is 10.1. The van der Waals surface area contributed by atoms with Gasteiger partial charge in [-0.2, -0.15) is 0 Å². The minimum Gasteiger partial charge on any atom is -0.378 e. The summed E-state index contributed by atoms with van der Waals surface area (Å²) in [4.78, 5) is 18.9. The third kappa shape index (κ3) is 3.87. The molecule has 2 aromatic rings. The molecule has 3 rings (SSSR count). The van der Waals surface area contributed by atoms with Gasteiger partial charge in [-0.25, -0.2) is 4.98 Å². The molecule has 5 nitrogen and oxygen atoms in total. The number of hydrogen-bond acceptors (Lipinski definition) is 4. The van der Waals surface area contributed by atoms with Crippen molar-refractivity contribution in [3.63, 3.8) is 0 Å². The zero-order chi connectivity index (χ0) is 16.1. The van der Waals surface area contributed by atoms with Crippen LogP contribution in [-0.4, -0.2) is 37.2 Å². The summed E-state index contributed by atoms with van der Waals surface area (Å²) < 4.78 is 5.34. The van der Waals surface area contributed by atoms with E-state index in [1.165, 1.54) is 0 Å². The fourth-order valence-electron chi connectivity index (χ4n) is 2.61. The molecule has 5 heteroatoms. The number of ether oxygens (including phenoxy) is 1. The number of carbonyl (C=O) groups is 1. The van der Waals surface area contributed by atoms with Crippen molar-refractivity contribution in [1.82, 2.24) is 10.3 Å². The molecule has 1 saturated heterocycles. The van der Waals surface area contributed by atoms with Crippen molar-refractivity contribution in [3.05, 3.63) is 59.3 Å². The monoisotopic (exact) mass is 311 g/mol. The molecule has 0 bridgehead atoms. The molecule has 1 aliphatic rings. The first-order chi connectivity index (χ1) is 11.2. The van der Waals surface area contributed by atoms with E-state index in [0.717, 1.165) is 43.2 Å². The quantitative estimate of drug-likeness (QED) is 0.940. The standard InChI is InChI=1S/C18H21N3O2/c1-14-4-2-3-5-16(14)18(22)20-13-15-6-7-17(19-12-15)21-8-10-23-11-9-21/h2-7,12H,8-11,13H2,1H3,(H,20,22). The first-order valence-electron chi connectivity index (χ1n) is 7.85. The normalized spacial score (nSPS) is 14.6. The van der Waals surface area contributed by atoms with Crippen molar-refractivity contribution in [2.45, 2.75) is 13.5 Å². The zero-order valence-corrected chi connectivity index (χ0v) is 13.3. The SMILES string of the molecule is Cc1ccccc1C(=O)NCc1ccc(N2CCOCC2)nc1. The van der Waals surface area contributed by atoms with E-state index in [2.05, 4.69) is 15.2 Å². The van der Waals surface area contributed by atoms with Crippen LogP contribution in [0.15, 0.2) is 42.6 Å². The summed E-state index contributed by atoms with van der Waals surface area (Å²) in [5.41, 5.74) is 2.68. The predicted molar refractivity (Wildman–Crippen MR) is 89.6 cm³/mol. The number of benzene rings is 1. The molecular weight excluding hydrogens is 290 g/mol. The van der Waals surface area contributed by atoms with Crippen LogP contribution in [0, 0.1) is 6.92 Å². The van der Waals surface area contributed by atoms with E-state index in [1.54, 1.807) is 0 Å². The second-order valence-corrected chi connectivity index (χ2v) is 5.62. The number of morpholine rings is 1. The second kappa shape index (κ2) is 7.24. The molecule has 1 N–H and O–H groups in total. The predicted octanol–water partition coefficient (Wildman–Crippen LogP) is 2.16. The number of hydrogen-bond donors (Lipinski definition) is 1. The van der Waals surface area contributed by atoms with E-state index in [4.69, 9.17) is 4.74 Å². The smallest absolute Gasteiger partial charge is 0.251 e. The summed E-state index contributed by atoms with van der Waals surface area (Å²) >= 11 is 0. The number of rotatable bonds is 4. The number of pyridine rings is 1. The molecule has 1 amide bonds. The first kappa shape index (κ1) is 15.5. The lowest BCUT2D eigenvalue weighted by Gasteiger charge is -2.27. The summed E-state index contributed by atoms with van der Waals surface area (Å²) in [6, 6.07) is 11.6. The van der Waals surface area contributed by atoms with Crippen molar-refractivity contribution in [2.75, 3.05) is 31.2 Å². The maximum absolute atomic E-state index is 12.2. The molecule has 1 aliphatic heterocycles. The minimum absolute atomic E-state index is 0.0552. The largest absolute Gasteiger partial charge is 0.378 e. The summed E-state index contributed by atoms with van der Waals surface area (Å²) in [6.07, 6.45) is 1.82. The molecule has 23 heavy (non-hydrogen) atoms. The lowest BCUT2D eigenvalue weighted by molar-refractivity contribution is 0.0950. The van der Waals surface area contributed by atoms with Gasteiger partial charge in [0.1, 0.15) is 5.82 Å². The summed E-state index contributed by atoms with van der Waals surface area (Å²) in [5, 5.41) is 2.94. The van der Waals surface area contributed by atoms with Gasteiger partial charge in [0.05, 0.1) is 13.2 Å². The van der Waals surface area contributed by atoms with Crippen molar-refractivity contribution in [2.24, 2.45) is 0 Å². The van der Waals surface area contributed by atoms with E-state index >= 15 is 0 Å². The molecule has 0 spiro atoms. The van der Waals surface area contributed by atoms with Crippen LogP contribution in [0.3, 0.4) is 0 Å². The van der Waals surface area contributed by atoms with Crippen molar-refractivity contribution in [3.8, 4) is 0 Å². The Hall–Kier alpha value is -2.40. The third-order valence-corrected chi connectivity index (χ3v) is 3.99. The first-order valence-corrected chi connectivity index (χ1v) is 7.85. The van der Waals surface area contributed by atoms with E-state index in [1.807, 2.05) is 49.5 Å². The summed E-state index contributed by atoms with van der Waals surface area (Å²) in [6.45, 7) is 5.65. The number of nitrogens with one attached hydrogen (secondary N) is 1. The fourth-order valence-corrected chi connectivity index (χ4v) is 2.61. The van der Waals surface area contributed by atoms with Crippen LogP contribution in [0.1, 0.15) is 21.5 Å². The van der Waals surface area contributed by atoms with Gasteiger partial charge in [-0.15, -0.1) is 0 Å². The van der Waals surface area contributed by atoms with Gasteiger partial charge in [0.2, 0.25) is 0 Å². The number of anilines is 1. The number of carbonyl (C=O) groups excluding carboxylic acids is 1. The average molecular weight is 311 g/mol. The number of amides is 1. The Labute approximate surface area is 136 Å². The number of aryl methyl sites for hydroxylation is 1. The van der Waals surface area contributed by atoms with Crippen molar-refractivity contribution >= 4 is 11.7 Å². The van der Waals surface area contributed by atoms with Crippen LogP contribution in [-0.2, 0) is 11.3 Å². The molecular formula is C18H21N3O2. The van der Waals surface area contributed by atoms with Crippen LogP contribution < -0.4 is 10.2 Å². The molecule has 0 unspecified atom stereocenters. The molecule has 1 fully saturated rings. The second-order valence-electron chi connectivity index (χ2n) is 5.62. The Morgan fingerprint density at radius 1 is 1.22 bits per heavy atom. The molecule has 120 valence electrons. The van der Waals surface area contributed by atoms with Gasteiger partial charge in [0, 0.05) is 31.4 Å². The van der Waals surface area contributed by atoms with Crippen LogP contribution in [0.5, 0.6) is 0 Å². The highest BCUT2D eigenvalue weighted by molar-refractivity contribution is 5.95. The molecule has 1 aromatic heterocycles. The van der Waals surface area contributed by atoms with E-state index in [0.29, 0.717) is 12.1 Å². The van der Waals surface area contributed by atoms with Gasteiger partial charge in [0.15, 0.2) is 0 Å². The van der Waals surface area contributed by atoms with Gasteiger partial charge >= 0.3 is 0 Å². The highest BCUT2D eigenvalue weighted by Gasteiger charge is 2.12. The van der Waals surface area contributed by atoms with Crippen LogP contribution in [0.25, 0.3) is 0 Å². The Bertz CT molecular complexity index is 664. The topological polar surface area (TPSA) is 54.5 Å². The van der Waals surface area contributed by atoms with E-state index in [-0.39, 0.29) is 5.91 Å². The van der Waals surface area contributed by atoms with Crippen molar-refractivity contribution in [1.29, 1.82) is 0 Å². The van der Waals surface area contributed by atoms with Gasteiger partial charge in [0.25, 0.3) is 5.91 Å². The molecule has 0 saturated carbocycles. The molecule has 1 aromatic carbocycles. The van der Waals surface area contributed by atoms with Gasteiger partial charge < -0.3 is 15.0 Å². The molecule has 0 atom stereocenters. The van der Waals surface area contributed by atoms with E-state index < -0.39 is 0 Å². The van der Waals surface area contributed by atoms with Crippen LogP contribution in [0.4, 0.5) is 5.82 Å². The Morgan fingerprint density at radius 2 is 2.00 bits per heavy atom.